The largest absolute Gasteiger partial charge is 0.398 e. The Morgan fingerprint density at radius 3 is 1.36 bits per heavy atom. The highest BCUT2D eigenvalue weighted by molar-refractivity contribution is 6.33. The van der Waals surface area contributed by atoms with Crippen molar-refractivity contribution in [2.24, 2.45) is 0 Å². The first kappa shape index (κ1) is 19.9. The van der Waals surface area contributed by atoms with E-state index in [-0.39, 0.29) is 0 Å². The predicted octanol–water partition coefficient (Wildman–Crippen LogP) is 6.61. The monoisotopic (exact) mass is 378 g/mol. The van der Waals surface area contributed by atoms with Crippen LogP contribution >= 0.6 is 23.2 Å². The van der Waals surface area contributed by atoms with Gasteiger partial charge < -0.3 is 11.5 Å². The summed E-state index contributed by atoms with van der Waals surface area (Å²) in [6.45, 7) is 12.5. The number of halogens is 2. The molecule has 4 heteroatoms. The van der Waals surface area contributed by atoms with Crippen LogP contribution in [0.5, 0.6) is 0 Å². The van der Waals surface area contributed by atoms with E-state index in [0.29, 0.717) is 18.3 Å². The highest BCUT2D eigenvalue weighted by Crippen LogP contribution is 2.38. The van der Waals surface area contributed by atoms with E-state index < -0.39 is 0 Å². The normalized spacial score (nSPS) is 11.6. The van der Waals surface area contributed by atoms with Crippen LogP contribution in [0, 0.1) is 13.8 Å². The summed E-state index contributed by atoms with van der Waals surface area (Å²) in [6.07, 6.45) is 0.666. The maximum Gasteiger partial charge on any atom is 0.0491 e. The fraction of sp³-hybridized carbons (Fsp3) is 0.429. The van der Waals surface area contributed by atoms with Crippen LogP contribution in [0.4, 0.5) is 11.4 Å². The van der Waals surface area contributed by atoms with Crippen LogP contribution in [0.2, 0.25) is 10.0 Å². The summed E-state index contributed by atoms with van der Waals surface area (Å²) < 4.78 is 0. The Hall–Kier alpha value is -1.38. The van der Waals surface area contributed by atoms with Gasteiger partial charge in [-0.25, -0.2) is 0 Å². The van der Waals surface area contributed by atoms with Crippen molar-refractivity contribution in [2.45, 2.75) is 59.8 Å². The minimum atomic E-state index is 0.338. The van der Waals surface area contributed by atoms with E-state index in [1.54, 1.807) is 0 Å². The molecule has 0 aliphatic heterocycles. The lowest BCUT2D eigenvalue weighted by Crippen LogP contribution is -2.06. The first-order valence-electron chi connectivity index (χ1n) is 8.70. The first-order valence-corrected chi connectivity index (χ1v) is 9.46. The average molecular weight is 379 g/mol. The molecule has 0 fully saturated rings. The zero-order valence-electron chi connectivity index (χ0n) is 15.9. The molecule has 0 heterocycles. The molecule has 0 amide bonds. The molecule has 0 saturated carbocycles. The van der Waals surface area contributed by atoms with Gasteiger partial charge in [0.25, 0.3) is 0 Å². The van der Waals surface area contributed by atoms with Gasteiger partial charge in [-0.05, 0) is 59.1 Å². The SMILES string of the molecule is Cc1c(N)c(C(C)C)cc(Cc2cc(C(C)C)c(N)c(C)c2Cl)c1Cl. The second kappa shape index (κ2) is 7.47. The van der Waals surface area contributed by atoms with Crippen LogP contribution in [-0.2, 0) is 6.42 Å². The second-order valence-corrected chi connectivity index (χ2v) is 8.20. The Bertz CT molecular complexity index is 741. The highest BCUT2D eigenvalue weighted by atomic mass is 35.5. The molecule has 0 aliphatic carbocycles. The minimum absolute atomic E-state index is 0.338. The smallest absolute Gasteiger partial charge is 0.0491 e. The van der Waals surface area contributed by atoms with Crippen molar-refractivity contribution in [1.82, 2.24) is 0 Å². The zero-order valence-corrected chi connectivity index (χ0v) is 17.4. The van der Waals surface area contributed by atoms with Gasteiger partial charge >= 0.3 is 0 Å². The lowest BCUT2D eigenvalue weighted by atomic mass is 9.90. The molecule has 2 rings (SSSR count). The van der Waals surface area contributed by atoms with Gasteiger partial charge in [0.2, 0.25) is 0 Å². The Labute approximate surface area is 161 Å². The number of hydrogen-bond donors (Lipinski definition) is 2. The number of nitrogens with two attached hydrogens (primary N) is 2. The lowest BCUT2D eigenvalue weighted by Gasteiger charge is -2.20. The Kier molecular flexibility index (Phi) is 5.96. The van der Waals surface area contributed by atoms with Crippen molar-refractivity contribution in [1.29, 1.82) is 0 Å². The van der Waals surface area contributed by atoms with Crippen molar-refractivity contribution in [3.05, 3.63) is 55.6 Å². The zero-order chi connectivity index (χ0) is 19.0. The molecule has 0 saturated heterocycles. The van der Waals surface area contributed by atoms with Crippen molar-refractivity contribution in [3.8, 4) is 0 Å². The molecule has 25 heavy (non-hydrogen) atoms. The van der Waals surface area contributed by atoms with Crippen molar-refractivity contribution < 1.29 is 0 Å². The van der Waals surface area contributed by atoms with E-state index in [1.165, 1.54) is 0 Å². The van der Waals surface area contributed by atoms with Gasteiger partial charge in [0.05, 0.1) is 0 Å². The molecule has 0 bridgehead atoms. The molecule has 0 aromatic heterocycles. The molecular formula is C21H28Cl2N2. The van der Waals surface area contributed by atoms with Crippen molar-refractivity contribution >= 4 is 34.6 Å². The standard InChI is InChI=1S/C21H28Cl2N2/c1-10(2)16-8-14(18(22)12(5)20(16)24)7-15-9-17(11(3)4)21(25)13(6)19(15)23/h8-11H,7,24-25H2,1-6H3. The molecule has 0 spiro atoms. The molecule has 0 radical (unpaired) electrons. The summed E-state index contributed by atoms with van der Waals surface area (Å²) >= 11 is 13.2. The maximum atomic E-state index is 6.60. The maximum absolute atomic E-state index is 6.60. The topological polar surface area (TPSA) is 52.0 Å². The van der Waals surface area contributed by atoms with Crippen LogP contribution in [0.3, 0.4) is 0 Å². The Morgan fingerprint density at radius 1 is 0.760 bits per heavy atom. The molecule has 2 aromatic carbocycles. The number of rotatable bonds is 4. The van der Waals surface area contributed by atoms with Gasteiger partial charge in [0.15, 0.2) is 0 Å². The van der Waals surface area contributed by atoms with Crippen LogP contribution in [0.1, 0.15) is 72.9 Å². The summed E-state index contributed by atoms with van der Waals surface area (Å²) in [5.41, 5.74) is 20.3. The van der Waals surface area contributed by atoms with E-state index in [2.05, 4.69) is 39.8 Å². The molecule has 4 N–H and O–H groups in total. The predicted molar refractivity (Wildman–Crippen MR) is 112 cm³/mol. The third kappa shape index (κ3) is 3.75. The van der Waals surface area contributed by atoms with Crippen LogP contribution in [0.15, 0.2) is 12.1 Å². The molecule has 136 valence electrons. The number of nitrogen functional groups attached to an aromatic ring is 2. The summed E-state index contributed by atoms with van der Waals surface area (Å²) in [7, 11) is 0. The summed E-state index contributed by atoms with van der Waals surface area (Å²) in [6, 6.07) is 4.23. The van der Waals surface area contributed by atoms with Gasteiger partial charge in [-0.15, -0.1) is 0 Å². The molecular weight excluding hydrogens is 351 g/mol. The summed E-state index contributed by atoms with van der Waals surface area (Å²) in [5.74, 6) is 0.675. The van der Waals surface area contributed by atoms with E-state index in [1.807, 2.05) is 13.8 Å². The molecule has 0 atom stereocenters. The lowest BCUT2D eigenvalue weighted by molar-refractivity contribution is 0.861. The average Bonchev–Trinajstić information content (AvgIpc) is 2.54. The van der Waals surface area contributed by atoms with E-state index in [0.717, 1.165) is 54.8 Å². The Balaban J connectivity index is 2.61. The molecule has 2 aromatic rings. The van der Waals surface area contributed by atoms with Crippen molar-refractivity contribution in [3.63, 3.8) is 0 Å². The fourth-order valence-corrected chi connectivity index (χ4v) is 3.67. The Morgan fingerprint density at radius 2 is 1.08 bits per heavy atom. The van der Waals surface area contributed by atoms with Gasteiger partial charge in [-0.3, -0.25) is 0 Å². The van der Waals surface area contributed by atoms with E-state index in [4.69, 9.17) is 34.7 Å². The fourth-order valence-electron chi connectivity index (χ4n) is 3.23. The van der Waals surface area contributed by atoms with Crippen LogP contribution < -0.4 is 11.5 Å². The van der Waals surface area contributed by atoms with Gasteiger partial charge in [0.1, 0.15) is 0 Å². The van der Waals surface area contributed by atoms with Gasteiger partial charge in [-0.1, -0.05) is 63.0 Å². The van der Waals surface area contributed by atoms with Gasteiger partial charge in [0, 0.05) is 27.8 Å². The van der Waals surface area contributed by atoms with Crippen molar-refractivity contribution in [2.75, 3.05) is 11.5 Å². The first-order chi connectivity index (χ1) is 11.6. The van der Waals surface area contributed by atoms with Crippen LogP contribution in [-0.4, -0.2) is 0 Å². The third-order valence-corrected chi connectivity index (χ3v) is 5.99. The quantitative estimate of drug-likeness (QED) is 0.587. The second-order valence-electron chi connectivity index (χ2n) is 7.44. The van der Waals surface area contributed by atoms with Crippen LogP contribution in [0.25, 0.3) is 0 Å². The number of benzene rings is 2. The minimum Gasteiger partial charge on any atom is -0.398 e. The summed E-state index contributed by atoms with van der Waals surface area (Å²) in [5, 5.41) is 1.44. The molecule has 0 aliphatic rings. The van der Waals surface area contributed by atoms with Gasteiger partial charge in [-0.2, -0.15) is 0 Å². The highest BCUT2D eigenvalue weighted by Gasteiger charge is 2.18. The van der Waals surface area contributed by atoms with E-state index in [9.17, 15) is 0 Å². The number of hydrogen-bond acceptors (Lipinski definition) is 2. The summed E-state index contributed by atoms with van der Waals surface area (Å²) in [4.78, 5) is 0. The molecule has 0 unspecified atom stereocenters. The van der Waals surface area contributed by atoms with E-state index >= 15 is 0 Å². The third-order valence-electron chi connectivity index (χ3n) is 4.94. The number of anilines is 2. The molecule has 2 nitrogen and oxygen atoms in total.